The number of pyridine rings is 2. The largest absolute Gasteiger partial charge is 0.457 e. The van der Waals surface area contributed by atoms with Crippen molar-refractivity contribution in [3.63, 3.8) is 0 Å². The van der Waals surface area contributed by atoms with Gasteiger partial charge in [0.25, 0.3) is 10.2 Å². The number of anilines is 1. The molecular weight excluding hydrogens is 434 g/mol. The maximum absolute atomic E-state index is 12.6. The summed E-state index contributed by atoms with van der Waals surface area (Å²) in [6.07, 6.45) is 3.47. The van der Waals surface area contributed by atoms with Crippen LogP contribution in [0.3, 0.4) is 0 Å². The Morgan fingerprint density at radius 2 is 1.93 bits per heavy atom. The van der Waals surface area contributed by atoms with Gasteiger partial charge in [-0.2, -0.15) is 4.57 Å². The normalized spacial score (nSPS) is 10.9. The van der Waals surface area contributed by atoms with Crippen molar-refractivity contribution in [1.29, 1.82) is 0 Å². The first-order chi connectivity index (χ1) is 14.0. The average Bonchev–Trinajstić information content (AvgIpc) is 2.72. The van der Waals surface area contributed by atoms with E-state index < -0.39 is 0 Å². The molecule has 0 aliphatic heterocycles. The standard InChI is InChI=1S/C21H18BrN5O2/c1-23-21-24-12-16(20(28)27(21)3)18-6-4-13-10-14(5-7-17(13)25-18)29-15-8-9-26(2)19(22)11-15/h4-12H,1-3H3/p+1. The molecule has 0 saturated heterocycles. The van der Waals surface area contributed by atoms with Gasteiger partial charge >= 0.3 is 0 Å². The summed E-state index contributed by atoms with van der Waals surface area (Å²) >= 11 is 3.49. The van der Waals surface area contributed by atoms with E-state index >= 15 is 0 Å². The van der Waals surface area contributed by atoms with Crippen LogP contribution in [-0.4, -0.2) is 21.6 Å². The number of nitrogens with one attached hydrogen (secondary N) is 1. The highest BCUT2D eigenvalue weighted by Crippen LogP contribution is 2.27. The van der Waals surface area contributed by atoms with Gasteiger partial charge in [0.2, 0.25) is 5.95 Å². The molecule has 3 heterocycles. The molecule has 0 aliphatic rings. The zero-order valence-corrected chi connectivity index (χ0v) is 17.8. The van der Waals surface area contributed by atoms with E-state index in [0.717, 1.165) is 21.3 Å². The fraction of sp³-hybridized carbons (Fsp3) is 0.143. The third kappa shape index (κ3) is 3.71. The molecule has 0 aliphatic carbocycles. The number of halogens is 1. The molecule has 4 rings (SSSR count). The zero-order chi connectivity index (χ0) is 20.5. The number of rotatable bonds is 4. The topological polar surface area (TPSA) is 72.9 Å². The van der Waals surface area contributed by atoms with Crippen molar-refractivity contribution < 1.29 is 9.30 Å². The molecule has 0 saturated carbocycles. The molecule has 0 bridgehead atoms. The number of hydrogen-bond acceptors (Lipinski definition) is 5. The number of fused-ring (bicyclic) bond motifs is 1. The molecule has 1 N–H and O–H groups in total. The third-order valence-electron chi connectivity index (χ3n) is 4.63. The van der Waals surface area contributed by atoms with Gasteiger partial charge in [-0.25, -0.2) is 9.97 Å². The minimum atomic E-state index is -0.154. The van der Waals surface area contributed by atoms with Crippen LogP contribution in [-0.2, 0) is 14.1 Å². The minimum Gasteiger partial charge on any atom is -0.457 e. The number of nitrogens with zero attached hydrogens (tertiary/aromatic N) is 4. The number of ether oxygens (including phenoxy) is 1. The highest BCUT2D eigenvalue weighted by atomic mass is 79.9. The predicted molar refractivity (Wildman–Crippen MR) is 115 cm³/mol. The average molecular weight is 453 g/mol. The second kappa shape index (κ2) is 7.63. The quantitative estimate of drug-likeness (QED) is 0.379. The van der Waals surface area contributed by atoms with Gasteiger partial charge in [0, 0.05) is 47.7 Å². The van der Waals surface area contributed by atoms with E-state index in [-0.39, 0.29) is 5.56 Å². The van der Waals surface area contributed by atoms with Crippen LogP contribution < -0.4 is 20.2 Å². The van der Waals surface area contributed by atoms with Crippen LogP contribution in [0.1, 0.15) is 0 Å². The Morgan fingerprint density at radius 1 is 1.14 bits per heavy atom. The number of aromatic nitrogens is 4. The lowest BCUT2D eigenvalue weighted by atomic mass is 10.1. The summed E-state index contributed by atoms with van der Waals surface area (Å²) in [7, 11) is 5.35. The molecule has 1 aromatic carbocycles. The Labute approximate surface area is 175 Å². The molecule has 146 valence electrons. The van der Waals surface area contributed by atoms with Gasteiger partial charge in [0.15, 0.2) is 6.20 Å². The first kappa shape index (κ1) is 19.1. The molecule has 0 amide bonds. The zero-order valence-electron chi connectivity index (χ0n) is 16.2. The van der Waals surface area contributed by atoms with Crippen LogP contribution >= 0.6 is 15.9 Å². The van der Waals surface area contributed by atoms with E-state index in [1.54, 1.807) is 20.3 Å². The highest BCUT2D eigenvalue weighted by Gasteiger charge is 2.11. The van der Waals surface area contributed by atoms with Crippen molar-refractivity contribution >= 4 is 32.8 Å². The van der Waals surface area contributed by atoms with Gasteiger partial charge in [-0.05, 0) is 24.3 Å². The van der Waals surface area contributed by atoms with Crippen LogP contribution in [0.25, 0.3) is 22.2 Å². The molecule has 0 fully saturated rings. The maximum atomic E-state index is 12.6. The predicted octanol–water partition coefficient (Wildman–Crippen LogP) is 3.42. The van der Waals surface area contributed by atoms with Crippen LogP contribution in [0.15, 0.2) is 64.3 Å². The summed E-state index contributed by atoms with van der Waals surface area (Å²) in [6.45, 7) is 0. The minimum absolute atomic E-state index is 0.154. The molecule has 0 atom stereocenters. The number of benzene rings is 1. The lowest BCUT2D eigenvalue weighted by Crippen LogP contribution is -2.28. The molecule has 29 heavy (non-hydrogen) atoms. The first-order valence-electron chi connectivity index (χ1n) is 8.94. The van der Waals surface area contributed by atoms with Gasteiger partial charge < -0.3 is 10.1 Å². The number of aryl methyl sites for hydroxylation is 1. The van der Waals surface area contributed by atoms with Crippen molar-refractivity contribution in [2.24, 2.45) is 14.1 Å². The van der Waals surface area contributed by atoms with Crippen LogP contribution in [0.4, 0.5) is 5.95 Å². The van der Waals surface area contributed by atoms with Crippen molar-refractivity contribution in [3.8, 4) is 22.8 Å². The second-order valence-corrected chi connectivity index (χ2v) is 7.37. The number of hydrogen-bond donors (Lipinski definition) is 1. The monoisotopic (exact) mass is 452 g/mol. The van der Waals surface area contributed by atoms with Gasteiger partial charge in [0.1, 0.15) is 18.5 Å². The maximum Gasteiger partial charge on any atom is 0.264 e. The van der Waals surface area contributed by atoms with Crippen LogP contribution in [0, 0.1) is 0 Å². The Bertz CT molecular complexity index is 1290. The Kier molecular flexibility index (Phi) is 5.02. The van der Waals surface area contributed by atoms with Crippen LogP contribution in [0.5, 0.6) is 11.5 Å². The summed E-state index contributed by atoms with van der Waals surface area (Å²) in [6, 6.07) is 13.2. The molecule has 8 heteroatoms. The Hall–Kier alpha value is -3.26. The SMILES string of the molecule is CNc1ncc(-c2ccc3cc(Oc4cc[n+](C)c(Br)c4)ccc3n2)c(=O)n1C. The summed E-state index contributed by atoms with van der Waals surface area (Å²) in [5, 5.41) is 3.81. The Morgan fingerprint density at radius 3 is 2.69 bits per heavy atom. The smallest absolute Gasteiger partial charge is 0.264 e. The van der Waals surface area contributed by atoms with E-state index in [9.17, 15) is 4.79 Å². The van der Waals surface area contributed by atoms with E-state index in [1.807, 2.05) is 60.3 Å². The van der Waals surface area contributed by atoms with Crippen molar-refractivity contribution in [3.05, 3.63) is 69.8 Å². The van der Waals surface area contributed by atoms with Crippen molar-refractivity contribution in [1.82, 2.24) is 14.5 Å². The highest BCUT2D eigenvalue weighted by molar-refractivity contribution is 9.10. The molecule has 0 radical (unpaired) electrons. The van der Waals surface area contributed by atoms with Crippen LogP contribution in [0.2, 0.25) is 0 Å². The second-order valence-electron chi connectivity index (χ2n) is 6.56. The molecule has 0 spiro atoms. The summed E-state index contributed by atoms with van der Waals surface area (Å²) in [5.74, 6) is 1.95. The molecule has 3 aromatic heterocycles. The molecule has 7 nitrogen and oxygen atoms in total. The van der Waals surface area contributed by atoms with Crippen molar-refractivity contribution in [2.75, 3.05) is 12.4 Å². The summed E-state index contributed by atoms with van der Waals surface area (Å²) in [5.41, 5.74) is 1.66. The lowest BCUT2D eigenvalue weighted by molar-refractivity contribution is -0.682. The van der Waals surface area contributed by atoms with Gasteiger partial charge in [-0.1, -0.05) is 6.07 Å². The Balaban J connectivity index is 1.68. The summed E-state index contributed by atoms with van der Waals surface area (Å²) in [4.78, 5) is 21.5. The molecule has 0 unspecified atom stereocenters. The lowest BCUT2D eigenvalue weighted by Gasteiger charge is -2.09. The first-order valence-corrected chi connectivity index (χ1v) is 9.73. The van der Waals surface area contributed by atoms with Crippen molar-refractivity contribution in [2.45, 2.75) is 0 Å². The third-order valence-corrected chi connectivity index (χ3v) is 5.41. The van der Waals surface area contributed by atoms with E-state index in [4.69, 9.17) is 4.74 Å². The van der Waals surface area contributed by atoms with E-state index in [0.29, 0.717) is 23.0 Å². The fourth-order valence-electron chi connectivity index (χ4n) is 2.99. The molecule has 4 aromatic rings. The van der Waals surface area contributed by atoms with Gasteiger partial charge in [-0.3, -0.25) is 9.36 Å². The fourth-order valence-corrected chi connectivity index (χ4v) is 3.34. The van der Waals surface area contributed by atoms with Gasteiger partial charge in [0.05, 0.1) is 22.8 Å². The summed E-state index contributed by atoms with van der Waals surface area (Å²) < 4.78 is 10.3. The molecular formula is C21H19BrN5O2+. The van der Waals surface area contributed by atoms with E-state index in [2.05, 4.69) is 31.2 Å². The van der Waals surface area contributed by atoms with E-state index in [1.165, 1.54) is 4.57 Å². The van der Waals surface area contributed by atoms with Gasteiger partial charge in [-0.15, -0.1) is 0 Å².